The molecule has 3 rings (SSSR count). The number of pyridine rings is 1. The predicted octanol–water partition coefficient (Wildman–Crippen LogP) is 3.36. The number of benzene rings is 2. The Balaban J connectivity index is 1.70. The highest BCUT2D eigenvalue weighted by Gasteiger charge is 2.13. The minimum Gasteiger partial charge on any atom is -0.354 e. The van der Waals surface area contributed by atoms with Gasteiger partial charge in [-0.3, -0.25) is 9.78 Å². The Kier molecular flexibility index (Phi) is 6.12. The Hall–Kier alpha value is -2.98. The number of carbonyl (C=O) groups excluding carboxylic acids is 1. The predicted molar refractivity (Wildman–Crippen MR) is 104 cm³/mol. The van der Waals surface area contributed by atoms with Crippen LogP contribution in [0, 0.1) is 0 Å². The molecule has 4 heteroatoms. The molecule has 0 fully saturated rings. The lowest BCUT2D eigenvalue weighted by atomic mass is 9.98. The van der Waals surface area contributed by atoms with E-state index in [9.17, 15) is 4.79 Å². The standard InChI is InChI=1S/C22H23N3O/c1-23-22(26)20-16-17(12-14-24-20)13-15-25-21(18-8-4-2-5-9-18)19-10-6-3-7-11-19/h2-12,14,16,21,25H,13,15H2,1H3,(H,23,26). The van der Waals surface area contributed by atoms with Gasteiger partial charge in [-0.05, 0) is 35.2 Å². The van der Waals surface area contributed by atoms with Crippen molar-refractivity contribution in [2.24, 2.45) is 0 Å². The molecule has 3 aromatic rings. The summed E-state index contributed by atoms with van der Waals surface area (Å²) in [4.78, 5) is 15.8. The lowest BCUT2D eigenvalue weighted by molar-refractivity contribution is 0.0958. The average Bonchev–Trinajstić information content (AvgIpc) is 2.72. The summed E-state index contributed by atoms with van der Waals surface area (Å²) in [6, 6.07) is 24.8. The van der Waals surface area contributed by atoms with Crippen LogP contribution in [0.5, 0.6) is 0 Å². The summed E-state index contributed by atoms with van der Waals surface area (Å²) in [6.07, 6.45) is 2.51. The van der Waals surface area contributed by atoms with Crippen LogP contribution in [0.4, 0.5) is 0 Å². The molecule has 1 aromatic heterocycles. The highest BCUT2D eigenvalue weighted by Crippen LogP contribution is 2.21. The number of amides is 1. The van der Waals surface area contributed by atoms with E-state index in [1.165, 1.54) is 11.1 Å². The number of rotatable bonds is 7. The molecule has 0 spiro atoms. The highest BCUT2D eigenvalue weighted by molar-refractivity contribution is 5.92. The van der Waals surface area contributed by atoms with Crippen LogP contribution in [0.25, 0.3) is 0 Å². The largest absolute Gasteiger partial charge is 0.354 e. The summed E-state index contributed by atoms with van der Waals surface area (Å²) < 4.78 is 0. The van der Waals surface area contributed by atoms with Gasteiger partial charge in [-0.25, -0.2) is 0 Å². The van der Waals surface area contributed by atoms with E-state index < -0.39 is 0 Å². The van der Waals surface area contributed by atoms with Crippen LogP contribution >= 0.6 is 0 Å². The van der Waals surface area contributed by atoms with Crippen LogP contribution < -0.4 is 10.6 Å². The van der Waals surface area contributed by atoms with Gasteiger partial charge in [0.1, 0.15) is 5.69 Å². The molecular formula is C22H23N3O. The fourth-order valence-corrected chi connectivity index (χ4v) is 2.96. The van der Waals surface area contributed by atoms with Crippen molar-refractivity contribution in [3.63, 3.8) is 0 Å². The first-order valence-corrected chi connectivity index (χ1v) is 8.78. The molecule has 1 heterocycles. The van der Waals surface area contributed by atoms with E-state index in [0.29, 0.717) is 5.69 Å². The summed E-state index contributed by atoms with van der Waals surface area (Å²) in [5.74, 6) is -0.161. The number of hydrogen-bond donors (Lipinski definition) is 2. The van der Waals surface area contributed by atoms with Crippen LogP contribution in [0.3, 0.4) is 0 Å². The topological polar surface area (TPSA) is 54.0 Å². The van der Waals surface area contributed by atoms with Crippen LogP contribution in [-0.2, 0) is 6.42 Å². The molecule has 0 atom stereocenters. The van der Waals surface area contributed by atoms with Gasteiger partial charge in [0.15, 0.2) is 0 Å². The van der Waals surface area contributed by atoms with Gasteiger partial charge in [-0.1, -0.05) is 60.7 Å². The maximum atomic E-state index is 11.7. The average molecular weight is 345 g/mol. The SMILES string of the molecule is CNC(=O)c1cc(CCNC(c2ccccc2)c2ccccc2)ccn1. The molecule has 26 heavy (non-hydrogen) atoms. The Morgan fingerprint density at radius 3 is 2.15 bits per heavy atom. The monoisotopic (exact) mass is 345 g/mol. The van der Waals surface area contributed by atoms with Gasteiger partial charge in [0.05, 0.1) is 6.04 Å². The van der Waals surface area contributed by atoms with Crippen LogP contribution in [0.15, 0.2) is 79.0 Å². The number of nitrogens with zero attached hydrogens (tertiary/aromatic N) is 1. The smallest absolute Gasteiger partial charge is 0.269 e. The third-order valence-corrected chi connectivity index (χ3v) is 4.31. The number of carbonyl (C=O) groups is 1. The second-order valence-electron chi connectivity index (χ2n) is 6.09. The van der Waals surface area contributed by atoms with Gasteiger partial charge in [-0.15, -0.1) is 0 Å². The maximum absolute atomic E-state index is 11.7. The van der Waals surface area contributed by atoms with E-state index in [1.54, 1.807) is 13.2 Å². The van der Waals surface area contributed by atoms with Crippen molar-refractivity contribution in [1.29, 1.82) is 0 Å². The summed E-state index contributed by atoms with van der Waals surface area (Å²) in [6.45, 7) is 0.797. The summed E-state index contributed by atoms with van der Waals surface area (Å²) in [5.41, 5.74) is 4.01. The Morgan fingerprint density at radius 1 is 0.962 bits per heavy atom. The van der Waals surface area contributed by atoms with Crippen LogP contribution in [0.2, 0.25) is 0 Å². The number of nitrogens with one attached hydrogen (secondary N) is 2. The molecule has 0 aliphatic carbocycles. The Morgan fingerprint density at radius 2 is 1.58 bits per heavy atom. The number of aromatic nitrogens is 1. The number of hydrogen-bond acceptors (Lipinski definition) is 3. The van der Waals surface area contributed by atoms with E-state index in [0.717, 1.165) is 18.5 Å². The van der Waals surface area contributed by atoms with Crippen molar-refractivity contribution in [2.75, 3.05) is 13.6 Å². The molecule has 2 N–H and O–H groups in total. The fourth-order valence-electron chi connectivity index (χ4n) is 2.96. The first-order valence-electron chi connectivity index (χ1n) is 8.78. The normalized spacial score (nSPS) is 10.7. The van der Waals surface area contributed by atoms with Gasteiger partial charge in [0.2, 0.25) is 0 Å². The van der Waals surface area contributed by atoms with Crippen LogP contribution in [0.1, 0.15) is 33.2 Å². The first kappa shape index (κ1) is 17.8. The first-order chi connectivity index (χ1) is 12.8. The van der Waals surface area contributed by atoms with Crippen molar-refractivity contribution >= 4 is 5.91 Å². The highest BCUT2D eigenvalue weighted by atomic mass is 16.1. The van der Waals surface area contributed by atoms with Gasteiger partial charge >= 0.3 is 0 Å². The lowest BCUT2D eigenvalue weighted by Gasteiger charge is -2.20. The van der Waals surface area contributed by atoms with Crippen molar-refractivity contribution in [3.8, 4) is 0 Å². The second-order valence-corrected chi connectivity index (χ2v) is 6.09. The van der Waals surface area contributed by atoms with Crippen LogP contribution in [-0.4, -0.2) is 24.5 Å². The van der Waals surface area contributed by atoms with Crippen molar-refractivity contribution in [1.82, 2.24) is 15.6 Å². The third kappa shape index (κ3) is 4.55. The molecule has 0 aliphatic rings. The molecule has 0 saturated carbocycles. The van der Waals surface area contributed by atoms with Crippen molar-refractivity contribution in [2.45, 2.75) is 12.5 Å². The Bertz CT molecular complexity index is 795. The van der Waals surface area contributed by atoms with E-state index in [4.69, 9.17) is 0 Å². The minimum absolute atomic E-state index is 0.137. The lowest BCUT2D eigenvalue weighted by Crippen LogP contribution is -2.25. The molecule has 1 amide bonds. The molecule has 0 unspecified atom stereocenters. The van der Waals surface area contributed by atoms with Gasteiger partial charge in [-0.2, -0.15) is 0 Å². The van der Waals surface area contributed by atoms with Crippen molar-refractivity contribution < 1.29 is 4.79 Å². The van der Waals surface area contributed by atoms with E-state index in [-0.39, 0.29) is 11.9 Å². The minimum atomic E-state index is -0.161. The molecule has 2 aromatic carbocycles. The molecule has 0 bridgehead atoms. The molecule has 132 valence electrons. The van der Waals surface area contributed by atoms with Crippen molar-refractivity contribution in [3.05, 3.63) is 101 Å². The zero-order valence-electron chi connectivity index (χ0n) is 14.9. The van der Waals surface area contributed by atoms with E-state index in [2.05, 4.69) is 64.1 Å². The second kappa shape index (κ2) is 8.92. The molecule has 0 aliphatic heterocycles. The summed E-state index contributed by atoms with van der Waals surface area (Å²) in [7, 11) is 1.61. The molecule has 4 nitrogen and oxygen atoms in total. The maximum Gasteiger partial charge on any atom is 0.269 e. The molecule has 0 radical (unpaired) electrons. The summed E-state index contributed by atoms with van der Waals surface area (Å²) >= 11 is 0. The molecule has 0 saturated heterocycles. The van der Waals surface area contributed by atoms with Gasteiger partial charge in [0.25, 0.3) is 5.91 Å². The van der Waals surface area contributed by atoms with Gasteiger partial charge in [0, 0.05) is 19.8 Å². The molecular weight excluding hydrogens is 322 g/mol. The van der Waals surface area contributed by atoms with E-state index >= 15 is 0 Å². The fraction of sp³-hybridized carbons (Fsp3) is 0.182. The zero-order chi connectivity index (χ0) is 18.2. The summed E-state index contributed by atoms with van der Waals surface area (Å²) in [5, 5.41) is 6.25. The third-order valence-electron chi connectivity index (χ3n) is 4.31. The zero-order valence-corrected chi connectivity index (χ0v) is 14.9. The Labute approximate surface area is 154 Å². The van der Waals surface area contributed by atoms with E-state index in [1.807, 2.05) is 24.3 Å². The van der Waals surface area contributed by atoms with Gasteiger partial charge < -0.3 is 10.6 Å². The quantitative estimate of drug-likeness (QED) is 0.690.